The first-order chi connectivity index (χ1) is 13.3. The Bertz CT molecular complexity index is 1120. The summed E-state index contributed by atoms with van der Waals surface area (Å²) in [5, 5.41) is 1.91. The number of para-hydroxylation sites is 1. The molecule has 1 aliphatic rings. The Kier molecular flexibility index (Phi) is 3.71. The smallest absolute Gasteiger partial charge is 0.273 e. The van der Waals surface area contributed by atoms with E-state index >= 15 is 0 Å². The first kappa shape index (κ1) is 15.7. The van der Waals surface area contributed by atoms with Crippen LogP contribution in [0, 0.1) is 0 Å². The lowest BCUT2D eigenvalue weighted by atomic mass is 10.1. The number of H-pyrrole nitrogens is 1. The topological polar surface area (TPSA) is 78.0 Å². The Morgan fingerprint density at radius 3 is 2.67 bits per heavy atom. The maximum Gasteiger partial charge on any atom is 0.273 e. The van der Waals surface area contributed by atoms with E-state index in [1.54, 1.807) is 6.20 Å². The number of anilines is 1. The number of aromatic nitrogens is 4. The number of carbonyl (C=O) groups excluding carboxylic acids is 1. The molecule has 0 unspecified atom stereocenters. The van der Waals surface area contributed by atoms with E-state index in [4.69, 9.17) is 0 Å². The fraction of sp³-hybridized carbons (Fsp3) is 0.200. The molecule has 3 aromatic heterocycles. The van der Waals surface area contributed by atoms with Crippen molar-refractivity contribution in [2.75, 3.05) is 31.1 Å². The van der Waals surface area contributed by atoms with Gasteiger partial charge in [-0.15, -0.1) is 0 Å². The first-order valence-corrected chi connectivity index (χ1v) is 8.97. The quantitative estimate of drug-likeness (QED) is 0.596. The normalized spacial score (nSPS) is 14.8. The van der Waals surface area contributed by atoms with E-state index in [1.807, 2.05) is 41.4 Å². The van der Waals surface area contributed by atoms with Gasteiger partial charge in [0.2, 0.25) is 0 Å². The molecule has 7 nitrogen and oxygen atoms in total. The summed E-state index contributed by atoms with van der Waals surface area (Å²) in [5.74, 6) is -0.0405. The number of pyridine rings is 1. The van der Waals surface area contributed by atoms with Gasteiger partial charge in [-0.2, -0.15) is 0 Å². The Morgan fingerprint density at radius 2 is 1.78 bits per heavy atom. The number of benzene rings is 1. The van der Waals surface area contributed by atoms with Crippen LogP contribution in [0.15, 0.2) is 55.1 Å². The lowest BCUT2D eigenvalue weighted by molar-refractivity contribution is 0.0743. The van der Waals surface area contributed by atoms with E-state index in [1.165, 1.54) is 12.0 Å². The molecule has 27 heavy (non-hydrogen) atoms. The standard InChI is InChI=1S/C20H18N6O/c27-20(18-15-5-7-22-19(15)24-13-23-18)26-11-9-25(10-12-26)17-6-8-21-16-4-2-1-3-14(16)17/h1-8,13H,9-12H2,(H,22,23,24). The van der Waals surface area contributed by atoms with E-state index in [0.717, 1.165) is 29.4 Å². The van der Waals surface area contributed by atoms with Crippen LogP contribution >= 0.6 is 0 Å². The van der Waals surface area contributed by atoms with Crippen LogP contribution in [-0.2, 0) is 0 Å². The lowest BCUT2D eigenvalue weighted by Gasteiger charge is -2.36. The van der Waals surface area contributed by atoms with Crippen LogP contribution in [0.3, 0.4) is 0 Å². The van der Waals surface area contributed by atoms with Crippen molar-refractivity contribution in [1.82, 2.24) is 24.8 Å². The molecule has 0 saturated carbocycles. The SMILES string of the molecule is O=C(c1ncnc2[nH]ccc12)N1CCN(c2ccnc3ccccc23)CC1. The summed E-state index contributed by atoms with van der Waals surface area (Å²) in [4.78, 5) is 33.0. The van der Waals surface area contributed by atoms with Crippen LogP contribution in [0.1, 0.15) is 10.5 Å². The number of carbonyl (C=O) groups is 1. The molecule has 134 valence electrons. The van der Waals surface area contributed by atoms with Gasteiger partial charge < -0.3 is 14.8 Å². The molecule has 1 N–H and O–H groups in total. The van der Waals surface area contributed by atoms with E-state index in [9.17, 15) is 4.79 Å². The number of rotatable bonds is 2. The number of aromatic amines is 1. The van der Waals surface area contributed by atoms with Crippen LogP contribution in [0.5, 0.6) is 0 Å². The fourth-order valence-electron chi connectivity index (χ4n) is 3.70. The number of amides is 1. The molecule has 1 aliphatic heterocycles. The van der Waals surface area contributed by atoms with E-state index < -0.39 is 0 Å². The number of nitrogens with one attached hydrogen (secondary N) is 1. The van der Waals surface area contributed by atoms with Crippen molar-refractivity contribution in [2.45, 2.75) is 0 Å². The van der Waals surface area contributed by atoms with E-state index in [2.05, 4.69) is 30.9 Å². The molecule has 1 aromatic carbocycles. The Balaban J connectivity index is 1.37. The van der Waals surface area contributed by atoms with Crippen LogP contribution < -0.4 is 4.90 Å². The van der Waals surface area contributed by atoms with Gasteiger partial charge in [-0.3, -0.25) is 9.78 Å². The second kappa shape index (κ2) is 6.35. The third-order valence-electron chi connectivity index (χ3n) is 5.09. The summed E-state index contributed by atoms with van der Waals surface area (Å²) in [6, 6.07) is 12.0. The molecule has 7 heteroatoms. The molecule has 0 bridgehead atoms. The molecular weight excluding hydrogens is 340 g/mol. The summed E-state index contributed by atoms with van der Waals surface area (Å²) in [6.07, 6.45) is 5.06. The van der Waals surface area contributed by atoms with E-state index in [-0.39, 0.29) is 5.91 Å². The average molecular weight is 358 g/mol. The molecular formula is C20H18N6O. The predicted octanol–water partition coefficient (Wildman–Crippen LogP) is 2.47. The molecule has 1 amide bonds. The van der Waals surface area contributed by atoms with Gasteiger partial charge in [0.25, 0.3) is 5.91 Å². The van der Waals surface area contributed by atoms with Crippen LogP contribution in [0.25, 0.3) is 21.9 Å². The van der Waals surface area contributed by atoms with Crippen molar-refractivity contribution in [2.24, 2.45) is 0 Å². The molecule has 0 atom stereocenters. The minimum Gasteiger partial charge on any atom is -0.367 e. The third kappa shape index (κ3) is 2.68. The predicted molar refractivity (Wildman–Crippen MR) is 104 cm³/mol. The second-order valence-corrected chi connectivity index (χ2v) is 6.59. The molecule has 1 saturated heterocycles. The lowest BCUT2D eigenvalue weighted by Crippen LogP contribution is -2.49. The molecule has 5 rings (SSSR count). The highest BCUT2D eigenvalue weighted by Crippen LogP contribution is 2.26. The third-order valence-corrected chi connectivity index (χ3v) is 5.09. The van der Waals surface area contributed by atoms with Crippen LogP contribution in [-0.4, -0.2) is 56.9 Å². The van der Waals surface area contributed by atoms with Crippen LogP contribution in [0.2, 0.25) is 0 Å². The second-order valence-electron chi connectivity index (χ2n) is 6.59. The maximum absolute atomic E-state index is 13.0. The number of nitrogens with zero attached hydrogens (tertiary/aromatic N) is 5. The highest BCUT2D eigenvalue weighted by molar-refractivity contribution is 6.03. The Hall–Kier alpha value is -3.48. The zero-order valence-electron chi connectivity index (χ0n) is 14.7. The number of hydrogen-bond acceptors (Lipinski definition) is 5. The van der Waals surface area contributed by atoms with Crippen molar-refractivity contribution in [3.63, 3.8) is 0 Å². The summed E-state index contributed by atoms with van der Waals surface area (Å²) in [7, 11) is 0. The Morgan fingerprint density at radius 1 is 0.926 bits per heavy atom. The highest BCUT2D eigenvalue weighted by atomic mass is 16.2. The molecule has 0 spiro atoms. The molecule has 0 radical (unpaired) electrons. The highest BCUT2D eigenvalue weighted by Gasteiger charge is 2.25. The number of piperazine rings is 1. The summed E-state index contributed by atoms with van der Waals surface area (Å²) in [5.41, 5.74) is 3.31. The molecule has 0 aliphatic carbocycles. The van der Waals surface area contributed by atoms with Gasteiger partial charge in [0.15, 0.2) is 0 Å². The molecule has 4 aromatic rings. The van der Waals surface area contributed by atoms with Gasteiger partial charge in [0.05, 0.1) is 10.9 Å². The summed E-state index contributed by atoms with van der Waals surface area (Å²) < 4.78 is 0. The molecule has 1 fully saturated rings. The monoisotopic (exact) mass is 358 g/mol. The minimum atomic E-state index is -0.0405. The van der Waals surface area contributed by atoms with Crippen molar-refractivity contribution >= 4 is 33.5 Å². The van der Waals surface area contributed by atoms with Crippen molar-refractivity contribution < 1.29 is 4.79 Å². The van der Waals surface area contributed by atoms with Gasteiger partial charge in [0.1, 0.15) is 17.7 Å². The maximum atomic E-state index is 13.0. The van der Waals surface area contributed by atoms with Gasteiger partial charge in [-0.05, 0) is 18.2 Å². The van der Waals surface area contributed by atoms with Crippen molar-refractivity contribution in [1.29, 1.82) is 0 Å². The zero-order valence-corrected chi connectivity index (χ0v) is 14.7. The largest absolute Gasteiger partial charge is 0.367 e. The van der Waals surface area contributed by atoms with Gasteiger partial charge in [-0.1, -0.05) is 18.2 Å². The van der Waals surface area contributed by atoms with Crippen molar-refractivity contribution in [3.8, 4) is 0 Å². The zero-order chi connectivity index (χ0) is 18.2. The fourth-order valence-corrected chi connectivity index (χ4v) is 3.70. The van der Waals surface area contributed by atoms with E-state index in [0.29, 0.717) is 24.4 Å². The first-order valence-electron chi connectivity index (χ1n) is 8.97. The molecule has 4 heterocycles. The summed E-state index contributed by atoms with van der Waals surface area (Å²) in [6.45, 7) is 2.87. The van der Waals surface area contributed by atoms with Gasteiger partial charge >= 0.3 is 0 Å². The van der Waals surface area contributed by atoms with Crippen molar-refractivity contribution in [3.05, 3.63) is 60.8 Å². The average Bonchev–Trinajstić information content (AvgIpc) is 3.22. The number of fused-ring (bicyclic) bond motifs is 2. The Labute approximate surface area is 155 Å². The van der Waals surface area contributed by atoms with Crippen LogP contribution in [0.4, 0.5) is 5.69 Å². The minimum absolute atomic E-state index is 0.0405. The van der Waals surface area contributed by atoms with Gasteiger partial charge in [0, 0.05) is 49.6 Å². The van der Waals surface area contributed by atoms with Gasteiger partial charge in [-0.25, -0.2) is 9.97 Å². The number of hydrogen-bond donors (Lipinski definition) is 1. The summed E-state index contributed by atoms with van der Waals surface area (Å²) >= 11 is 0.